The summed E-state index contributed by atoms with van der Waals surface area (Å²) in [5.74, 6) is 0.559. The predicted octanol–water partition coefficient (Wildman–Crippen LogP) is 4.35. The lowest BCUT2D eigenvalue weighted by atomic mass is 10.2. The number of methoxy groups -OCH3 is 3. The number of ether oxygens (including phenoxy) is 4. The van der Waals surface area contributed by atoms with Gasteiger partial charge in [-0.15, -0.1) is 0 Å². The first kappa shape index (κ1) is 23.6. The number of carbonyl (C=O) groups is 2. The van der Waals surface area contributed by atoms with Crippen molar-refractivity contribution in [2.45, 2.75) is 0 Å². The zero-order valence-electron chi connectivity index (χ0n) is 18.1. The lowest BCUT2D eigenvalue weighted by Crippen LogP contribution is -2.17. The van der Waals surface area contributed by atoms with E-state index in [-0.39, 0.29) is 16.5 Å². The van der Waals surface area contributed by atoms with Crippen molar-refractivity contribution in [3.8, 4) is 23.0 Å². The molecule has 0 atom stereocenters. The van der Waals surface area contributed by atoms with Gasteiger partial charge in [0.2, 0.25) is 0 Å². The Morgan fingerprint density at radius 3 is 1.97 bits per heavy atom. The van der Waals surface area contributed by atoms with Crippen LogP contribution in [0.4, 0.5) is 0 Å². The highest BCUT2D eigenvalue weighted by molar-refractivity contribution is 6.32. The Labute approximate surface area is 195 Å². The summed E-state index contributed by atoms with van der Waals surface area (Å²) >= 11 is 6.32. The molecule has 1 amide bonds. The molecule has 1 N–H and O–H groups in total. The van der Waals surface area contributed by atoms with Gasteiger partial charge in [0.25, 0.3) is 5.91 Å². The van der Waals surface area contributed by atoms with Gasteiger partial charge in [-0.1, -0.05) is 11.6 Å². The molecule has 9 heteroatoms. The summed E-state index contributed by atoms with van der Waals surface area (Å²) in [7, 11) is 4.50. The van der Waals surface area contributed by atoms with Crippen LogP contribution in [0.2, 0.25) is 5.02 Å². The number of nitrogens with zero attached hydrogens (tertiary/aromatic N) is 1. The normalized spacial score (nSPS) is 10.5. The van der Waals surface area contributed by atoms with Crippen molar-refractivity contribution in [1.82, 2.24) is 5.43 Å². The van der Waals surface area contributed by atoms with Crippen LogP contribution in [0, 0.1) is 0 Å². The van der Waals surface area contributed by atoms with Gasteiger partial charge < -0.3 is 18.9 Å². The highest BCUT2D eigenvalue weighted by Crippen LogP contribution is 2.36. The van der Waals surface area contributed by atoms with E-state index >= 15 is 0 Å². The van der Waals surface area contributed by atoms with E-state index in [1.165, 1.54) is 26.5 Å². The van der Waals surface area contributed by atoms with Gasteiger partial charge in [0.1, 0.15) is 11.5 Å². The molecule has 3 aromatic rings. The van der Waals surface area contributed by atoms with Crippen molar-refractivity contribution in [3.05, 3.63) is 82.4 Å². The Balaban J connectivity index is 1.70. The van der Waals surface area contributed by atoms with Crippen LogP contribution in [0.5, 0.6) is 23.0 Å². The largest absolute Gasteiger partial charge is 0.497 e. The third-order valence-corrected chi connectivity index (χ3v) is 4.78. The molecule has 0 heterocycles. The molecule has 0 spiro atoms. The lowest BCUT2D eigenvalue weighted by molar-refractivity contribution is 0.0729. The molecule has 0 unspecified atom stereocenters. The van der Waals surface area contributed by atoms with Crippen molar-refractivity contribution in [2.75, 3.05) is 21.3 Å². The summed E-state index contributed by atoms with van der Waals surface area (Å²) in [6.07, 6.45) is 1.39. The first-order valence-corrected chi connectivity index (χ1v) is 10.0. The predicted molar refractivity (Wildman–Crippen MR) is 124 cm³/mol. The molecule has 0 fully saturated rings. The summed E-state index contributed by atoms with van der Waals surface area (Å²) in [4.78, 5) is 24.7. The van der Waals surface area contributed by atoms with Crippen LogP contribution in [-0.4, -0.2) is 39.4 Å². The monoisotopic (exact) mass is 468 g/mol. The minimum absolute atomic E-state index is 0.0689. The number of hydrogen-bond acceptors (Lipinski definition) is 7. The quantitative estimate of drug-likeness (QED) is 0.228. The molecule has 0 aromatic heterocycles. The Hall–Kier alpha value is -4.04. The van der Waals surface area contributed by atoms with E-state index in [0.29, 0.717) is 28.2 Å². The second kappa shape index (κ2) is 11.0. The Kier molecular flexibility index (Phi) is 7.88. The van der Waals surface area contributed by atoms with Crippen LogP contribution in [0.1, 0.15) is 26.3 Å². The van der Waals surface area contributed by atoms with Gasteiger partial charge in [0.05, 0.1) is 38.1 Å². The smallest absolute Gasteiger partial charge is 0.343 e. The number of rotatable bonds is 8. The van der Waals surface area contributed by atoms with Crippen LogP contribution in [0.3, 0.4) is 0 Å². The van der Waals surface area contributed by atoms with Crippen molar-refractivity contribution in [2.24, 2.45) is 5.10 Å². The Morgan fingerprint density at radius 1 is 0.848 bits per heavy atom. The summed E-state index contributed by atoms with van der Waals surface area (Å²) in [6.45, 7) is 0. The zero-order valence-corrected chi connectivity index (χ0v) is 18.9. The minimum Gasteiger partial charge on any atom is -0.497 e. The third kappa shape index (κ3) is 6.02. The maximum atomic E-state index is 12.5. The number of hydrazone groups is 1. The summed E-state index contributed by atoms with van der Waals surface area (Å²) in [5, 5.41) is 4.08. The molecule has 0 aliphatic heterocycles. The van der Waals surface area contributed by atoms with E-state index in [9.17, 15) is 9.59 Å². The second-order valence-corrected chi connectivity index (χ2v) is 6.99. The van der Waals surface area contributed by atoms with Gasteiger partial charge in [0.15, 0.2) is 11.5 Å². The molecule has 3 aromatic carbocycles. The first-order chi connectivity index (χ1) is 15.9. The Bertz CT molecular complexity index is 1160. The van der Waals surface area contributed by atoms with Crippen LogP contribution in [0.15, 0.2) is 65.8 Å². The average Bonchev–Trinajstić information content (AvgIpc) is 2.85. The average molecular weight is 469 g/mol. The van der Waals surface area contributed by atoms with Crippen molar-refractivity contribution < 1.29 is 28.5 Å². The van der Waals surface area contributed by atoms with E-state index in [2.05, 4.69) is 10.5 Å². The highest BCUT2D eigenvalue weighted by Gasteiger charge is 2.17. The fourth-order valence-corrected chi connectivity index (χ4v) is 3.02. The molecule has 3 rings (SSSR count). The lowest BCUT2D eigenvalue weighted by Gasteiger charge is -2.12. The summed E-state index contributed by atoms with van der Waals surface area (Å²) < 4.78 is 20.9. The van der Waals surface area contributed by atoms with Crippen molar-refractivity contribution >= 4 is 29.7 Å². The van der Waals surface area contributed by atoms with Crippen LogP contribution in [-0.2, 0) is 0 Å². The van der Waals surface area contributed by atoms with Gasteiger partial charge in [-0.3, -0.25) is 4.79 Å². The van der Waals surface area contributed by atoms with Crippen LogP contribution >= 0.6 is 11.6 Å². The van der Waals surface area contributed by atoms with Crippen molar-refractivity contribution in [1.29, 1.82) is 0 Å². The van der Waals surface area contributed by atoms with E-state index in [0.717, 1.165) is 0 Å². The fourth-order valence-electron chi connectivity index (χ4n) is 2.76. The number of amides is 1. The standard InChI is InChI=1S/C24H21ClN2O6/c1-30-18-8-4-16(5-9-18)23(28)27-26-14-15-12-20(25)22(21(13-15)32-3)33-24(29)17-6-10-19(31-2)11-7-17/h4-14H,1-3H3,(H,27,28). The second-order valence-electron chi connectivity index (χ2n) is 6.58. The number of halogens is 1. The maximum absolute atomic E-state index is 12.5. The number of hydrogen-bond donors (Lipinski definition) is 1. The molecule has 0 bridgehead atoms. The number of nitrogens with one attached hydrogen (secondary N) is 1. The minimum atomic E-state index is -0.606. The summed E-state index contributed by atoms with van der Waals surface area (Å²) in [5.41, 5.74) is 3.69. The van der Waals surface area contributed by atoms with Gasteiger partial charge in [-0.05, 0) is 66.2 Å². The maximum Gasteiger partial charge on any atom is 0.343 e. The molecule has 0 saturated carbocycles. The van der Waals surface area contributed by atoms with Gasteiger partial charge in [-0.25, -0.2) is 10.2 Å². The topological polar surface area (TPSA) is 95.5 Å². The molecule has 0 aliphatic rings. The van der Waals surface area contributed by atoms with Crippen LogP contribution < -0.4 is 24.4 Å². The first-order valence-electron chi connectivity index (χ1n) is 9.66. The molecule has 0 saturated heterocycles. The fraction of sp³-hybridized carbons (Fsp3) is 0.125. The van der Waals surface area contributed by atoms with E-state index < -0.39 is 11.9 Å². The molecule has 33 heavy (non-hydrogen) atoms. The molecular formula is C24H21ClN2O6. The highest BCUT2D eigenvalue weighted by atomic mass is 35.5. The SMILES string of the molecule is COc1ccc(C(=O)NN=Cc2cc(Cl)c(OC(=O)c3ccc(OC)cc3)c(OC)c2)cc1. The number of esters is 1. The van der Waals surface area contributed by atoms with E-state index in [1.807, 2.05) is 0 Å². The third-order valence-electron chi connectivity index (χ3n) is 4.50. The van der Waals surface area contributed by atoms with E-state index in [4.69, 9.17) is 30.5 Å². The van der Waals surface area contributed by atoms with E-state index in [1.54, 1.807) is 61.7 Å². The summed E-state index contributed by atoms with van der Waals surface area (Å²) in [6, 6.07) is 16.2. The molecule has 0 aliphatic carbocycles. The van der Waals surface area contributed by atoms with Gasteiger partial charge >= 0.3 is 5.97 Å². The van der Waals surface area contributed by atoms with Crippen LogP contribution in [0.25, 0.3) is 0 Å². The molecule has 8 nitrogen and oxygen atoms in total. The van der Waals surface area contributed by atoms with Gasteiger partial charge in [-0.2, -0.15) is 5.10 Å². The number of carbonyl (C=O) groups excluding carboxylic acids is 2. The molecule has 170 valence electrons. The molecule has 0 radical (unpaired) electrons. The van der Waals surface area contributed by atoms with Crippen molar-refractivity contribution in [3.63, 3.8) is 0 Å². The molecular weight excluding hydrogens is 448 g/mol. The zero-order chi connectivity index (χ0) is 23.8. The number of benzene rings is 3. The van der Waals surface area contributed by atoms with Gasteiger partial charge in [0, 0.05) is 5.56 Å². The Morgan fingerprint density at radius 2 is 1.42 bits per heavy atom.